The summed E-state index contributed by atoms with van der Waals surface area (Å²) in [5, 5.41) is 11.6. The molecule has 0 saturated carbocycles. The maximum Gasteiger partial charge on any atom is 0.202 e. The summed E-state index contributed by atoms with van der Waals surface area (Å²) in [7, 11) is 0. The highest BCUT2D eigenvalue weighted by atomic mass is 32.2. The van der Waals surface area contributed by atoms with Crippen LogP contribution in [0.2, 0.25) is 0 Å². The van der Waals surface area contributed by atoms with Crippen LogP contribution in [0.25, 0.3) is 0 Å². The molecule has 0 aliphatic rings. The van der Waals surface area contributed by atoms with Crippen LogP contribution in [-0.2, 0) is 4.75 Å². The summed E-state index contributed by atoms with van der Waals surface area (Å²) in [4.78, 5) is 14.2. The molecule has 0 saturated heterocycles. The number of hydrogen-bond acceptors (Lipinski definition) is 4. The van der Waals surface area contributed by atoms with E-state index in [4.69, 9.17) is 0 Å². The SMILES string of the molecule is Cc1ccc(SC(C)(C#N)c2ccc(C(=O)c3cccs3)cc2)cc1. The van der Waals surface area contributed by atoms with Gasteiger partial charge in [0.05, 0.1) is 10.9 Å². The fourth-order valence-electron chi connectivity index (χ4n) is 2.48. The molecule has 0 spiro atoms. The molecule has 0 aliphatic heterocycles. The van der Waals surface area contributed by atoms with Crippen molar-refractivity contribution in [3.63, 3.8) is 0 Å². The Morgan fingerprint density at radius 2 is 1.76 bits per heavy atom. The van der Waals surface area contributed by atoms with Crippen molar-refractivity contribution in [2.45, 2.75) is 23.5 Å². The van der Waals surface area contributed by atoms with Gasteiger partial charge >= 0.3 is 0 Å². The third-order valence-corrected chi connectivity index (χ3v) is 6.11. The Balaban J connectivity index is 1.85. The molecule has 0 radical (unpaired) electrons. The lowest BCUT2D eigenvalue weighted by atomic mass is 9.99. The van der Waals surface area contributed by atoms with Crippen LogP contribution < -0.4 is 0 Å². The summed E-state index contributed by atoms with van der Waals surface area (Å²) in [5.74, 6) is 0.0198. The molecular weight excluding hydrogens is 346 g/mol. The molecule has 0 bridgehead atoms. The highest BCUT2D eigenvalue weighted by Gasteiger charge is 2.28. The maximum absolute atomic E-state index is 12.4. The zero-order valence-corrected chi connectivity index (χ0v) is 15.7. The zero-order valence-electron chi connectivity index (χ0n) is 14.0. The molecule has 1 heterocycles. The third kappa shape index (κ3) is 3.84. The number of rotatable bonds is 5. The molecule has 124 valence electrons. The molecule has 0 amide bonds. The lowest BCUT2D eigenvalue weighted by molar-refractivity contribution is 0.104. The fraction of sp³-hybridized carbons (Fsp3) is 0.143. The Bertz CT molecular complexity index is 906. The number of ketones is 1. The standard InChI is InChI=1S/C21H17NOS2/c1-15-5-11-18(12-6-15)25-21(2,14-22)17-9-7-16(8-10-17)20(23)19-4-3-13-24-19/h3-13H,1-2H3. The predicted molar refractivity (Wildman–Crippen MR) is 104 cm³/mol. The number of nitriles is 1. The third-order valence-electron chi connectivity index (χ3n) is 4.00. The molecule has 1 unspecified atom stereocenters. The van der Waals surface area contributed by atoms with Gasteiger partial charge in [0.25, 0.3) is 0 Å². The van der Waals surface area contributed by atoms with Gasteiger partial charge in [-0.2, -0.15) is 5.26 Å². The van der Waals surface area contributed by atoms with Gasteiger partial charge in [-0.3, -0.25) is 4.79 Å². The number of hydrogen-bond donors (Lipinski definition) is 0. The average Bonchev–Trinajstić information content (AvgIpc) is 3.18. The van der Waals surface area contributed by atoms with Gasteiger partial charge in [0.2, 0.25) is 5.78 Å². The summed E-state index contributed by atoms with van der Waals surface area (Å²) < 4.78 is -0.709. The molecule has 2 aromatic carbocycles. The van der Waals surface area contributed by atoms with Crippen molar-refractivity contribution in [2.24, 2.45) is 0 Å². The van der Waals surface area contributed by atoms with Crippen molar-refractivity contribution >= 4 is 28.9 Å². The summed E-state index contributed by atoms with van der Waals surface area (Å²) >= 11 is 2.96. The Labute approximate surface area is 156 Å². The van der Waals surface area contributed by atoms with E-state index in [0.717, 1.165) is 15.3 Å². The van der Waals surface area contributed by atoms with Crippen LogP contribution in [0.4, 0.5) is 0 Å². The number of nitrogens with zero attached hydrogens (tertiary/aromatic N) is 1. The normalized spacial score (nSPS) is 13.0. The summed E-state index contributed by atoms with van der Waals surface area (Å²) in [6, 6.07) is 21.6. The molecule has 1 atom stereocenters. The molecule has 3 aromatic rings. The second-order valence-electron chi connectivity index (χ2n) is 5.94. The van der Waals surface area contributed by atoms with Crippen molar-refractivity contribution in [1.82, 2.24) is 0 Å². The van der Waals surface area contributed by atoms with Crippen LogP contribution >= 0.6 is 23.1 Å². The van der Waals surface area contributed by atoms with Crippen molar-refractivity contribution in [1.29, 1.82) is 5.26 Å². The first-order valence-electron chi connectivity index (χ1n) is 7.87. The van der Waals surface area contributed by atoms with E-state index in [2.05, 4.69) is 6.07 Å². The van der Waals surface area contributed by atoms with Crippen molar-refractivity contribution in [2.75, 3.05) is 0 Å². The molecule has 0 N–H and O–H groups in total. The Kier molecular flexibility index (Phi) is 5.08. The first-order valence-corrected chi connectivity index (χ1v) is 9.57. The highest BCUT2D eigenvalue weighted by molar-refractivity contribution is 8.00. The first-order chi connectivity index (χ1) is 12.0. The summed E-state index contributed by atoms with van der Waals surface area (Å²) in [6.45, 7) is 3.95. The van der Waals surface area contributed by atoms with Crippen LogP contribution in [0.1, 0.15) is 33.3 Å². The largest absolute Gasteiger partial charge is 0.288 e. The smallest absolute Gasteiger partial charge is 0.202 e. The minimum Gasteiger partial charge on any atom is -0.288 e. The van der Waals surface area contributed by atoms with E-state index in [1.165, 1.54) is 28.7 Å². The second-order valence-corrected chi connectivity index (χ2v) is 8.38. The fourth-order valence-corrected chi connectivity index (χ4v) is 4.21. The van der Waals surface area contributed by atoms with Gasteiger partial charge in [0, 0.05) is 10.5 Å². The summed E-state index contributed by atoms with van der Waals surface area (Å²) in [5.41, 5.74) is 2.73. The van der Waals surface area contributed by atoms with Crippen molar-refractivity contribution in [3.05, 3.63) is 87.6 Å². The Morgan fingerprint density at radius 1 is 1.08 bits per heavy atom. The van der Waals surface area contributed by atoms with E-state index in [1.807, 2.05) is 79.9 Å². The van der Waals surface area contributed by atoms with Gasteiger partial charge in [-0.1, -0.05) is 59.8 Å². The lowest BCUT2D eigenvalue weighted by Crippen LogP contribution is -2.14. The van der Waals surface area contributed by atoms with E-state index in [-0.39, 0.29) is 5.78 Å². The van der Waals surface area contributed by atoms with Crippen LogP contribution in [0.5, 0.6) is 0 Å². The molecular formula is C21H17NOS2. The van der Waals surface area contributed by atoms with Gasteiger partial charge in [-0.15, -0.1) is 11.3 Å². The minimum absolute atomic E-state index is 0.0198. The summed E-state index contributed by atoms with van der Waals surface area (Å²) in [6.07, 6.45) is 0. The first kappa shape index (κ1) is 17.5. The van der Waals surface area contributed by atoms with Crippen LogP contribution in [0, 0.1) is 18.3 Å². The predicted octanol–water partition coefficient (Wildman–Crippen LogP) is 5.82. The number of benzene rings is 2. The van der Waals surface area contributed by atoms with Crippen LogP contribution in [0.3, 0.4) is 0 Å². The van der Waals surface area contributed by atoms with Gasteiger partial charge in [0.1, 0.15) is 4.75 Å². The van der Waals surface area contributed by atoms with E-state index in [0.29, 0.717) is 5.56 Å². The molecule has 0 aliphatic carbocycles. The van der Waals surface area contributed by atoms with Gasteiger partial charge in [-0.25, -0.2) is 0 Å². The average molecular weight is 364 g/mol. The number of carbonyl (C=O) groups is 1. The minimum atomic E-state index is -0.709. The van der Waals surface area contributed by atoms with Crippen LogP contribution in [0.15, 0.2) is 70.9 Å². The molecule has 1 aromatic heterocycles. The van der Waals surface area contributed by atoms with Crippen molar-refractivity contribution < 1.29 is 4.79 Å². The quantitative estimate of drug-likeness (QED) is 0.424. The van der Waals surface area contributed by atoms with Gasteiger partial charge in [0.15, 0.2) is 0 Å². The van der Waals surface area contributed by atoms with Gasteiger partial charge in [-0.05, 0) is 43.0 Å². The van der Waals surface area contributed by atoms with Crippen LogP contribution in [-0.4, -0.2) is 5.78 Å². The maximum atomic E-state index is 12.4. The zero-order chi connectivity index (χ0) is 17.9. The molecule has 25 heavy (non-hydrogen) atoms. The molecule has 0 fully saturated rings. The lowest BCUT2D eigenvalue weighted by Gasteiger charge is -2.22. The number of aryl methyl sites for hydroxylation is 1. The van der Waals surface area contributed by atoms with E-state index in [9.17, 15) is 10.1 Å². The Morgan fingerprint density at radius 3 is 2.32 bits per heavy atom. The van der Waals surface area contributed by atoms with E-state index in [1.54, 1.807) is 0 Å². The topological polar surface area (TPSA) is 40.9 Å². The Hall–Kier alpha value is -2.35. The monoisotopic (exact) mass is 363 g/mol. The number of carbonyl (C=O) groups excluding carboxylic acids is 1. The molecule has 3 rings (SSSR count). The number of thioether (sulfide) groups is 1. The highest BCUT2D eigenvalue weighted by Crippen LogP contribution is 2.40. The van der Waals surface area contributed by atoms with E-state index < -0.39 is 4.75 Å². The van der Waals surface area contributed by atoms with Gasteiger partial charge < -0.3 is 0 Å². The second kappa shape index (κ2) is 7.26. The molecule has 4 heteroatoms. The number of thiophene rings is 1. The molecule has 2 nitrogen and oxygen atoms in total. The van der Waals surface area contributed by atoms with E-state index >= 15 is 0 Å². The van der Waals surface area contributed by atoms with Crippen molar-refractivity contribution in [3.8, 4) is 6.07 Å².